The van der Waals surface area contributed by atoms with Crippen molar-refractivity contribution >= 4 is 5.97 Å². The topological polar surface area (TPSA) is 59.7 Å². The molecule has 24 heavy (non-hydrogen) atoms. The van der Waals surface area contributed by atoms with E-state index in [1.807, 2.05) is 27.7 Å². The zero-order valence-electron chi connectivity index (χ0n) is 15.1. The number of allylic oxidation sites excluding steroid dienone is 2. The van der Waals surface area contributed by atoms with Crippen molar-refractivity contribution in [1.29, 1.82) is 0 Å². The predicted molar refractivity (Wildman–Crippen MR) is 91.5 cm³/mol. The molecule has 4 heteroatoms. The van der Waals surface area contributed by atoms with E-state index < -0.39 is 17.1 Å². The maximum atomic E-state index is 12.5. The van der Waals surface area contributed by atoms with Gasteiger partial charge in [0.1, 0.15) is 11.9 Å². The summed E-state index contributed by atoms with van der Waals surface area (Å²) >= 11 is 0. The zero-order valence-corrected chi connectivity index (χ0v) is 15.1. The second-order valence-corrected chi connectivity index (χ2v) is 7.43. The first-order valence-corrected chi connectivity index (χ1v) is 8.55. The number of rotatable bonds is 2. The van der Waals surface area contributed by atoms with Crippen molar-refractivity contribution in [3.8, 4) is 0 Å². The van der Waals surface area contributed by atoms with E-state index in [0.29, 0.717) is 18.4 Å². The molecule has 0 saturated heterocycles. The Bertz CT molecular complexity index is 735. The van der Waals surface area contributed by atoms with Gasteiger partial charge in [0.15, 0.2) is 0 Å². The third-order valence-electron chi connectivity index (χ3n) is 6.03. The molecule has 0 spiro atoms. The molecule has 0 bridgehead atoms. The number of fused-ring (bicyclic) bond motifs is 2. The summed E-state index contributed by atoms with van der Waals surface area (Å²) in [6, 6.07) is 0. The Labute approximate surface area is 143 Å². The van der Waals surface area contributed by atoms with Crippen LogP contribution in [-0.2, 0) is 16.0 Å². The maximum absolute atomic E-state index is 12.5. The van der Waals surface area contributed by atoms with Crippen LogP contribution in [0.5, 0.6) is 0 Å². The Kier molecular flexibility index (Phi) is 3.99. The minimum Gasteiger partial charge on any atom is -0.468 e. The van der Waals surface area contributed by atoms with Gasteiger partial charge in [0.25, 0.3) is 0 Å². The number of carbonyl (C=O) groups is 1. The summed E-state index contributed by atoms with van der Waals surface area (Å²) in [5.74, 6) is 0.489. The number of hydrogen-bond donors (Lipinski definition) is 1. The van der Waals surface area contributed by atoms with Gasteiger partial charge in [-0.2, -0.15) is 0 Å². The van der Waals surface area contributed by atoms with Gasteiger partial charge in [-0.15, -0.1) is 0 Å². The zero-order chi connectivity index (χ0) is 17.7. The fourth-order valence-electron chi connectivity index (χ4n) is 4.00. The van der Waals surface area contributed by atoms with Crippen LogP contribution in [0, 0.1) is 12.3 Å². The molecule has 0 fully saturated rings. The van der Waals surface area contributed by atoms with Crippen molar-refractivity contribution in [2.45, 2.75) is 65.6 Å². The van der Waals surface area contributed by atoms with Crippen LogP contribution in [0.15, 0.2) is 34.0 Å². The van der Waals surface area contributed by atoms with Gasteiger partial charge in [0.05, 0.1) is 17.3 Å². The largest absolute Gasteiger partial charge is 0.468 e. The Morgan fingerprint density at radius 3 is 2.83 bits per heavy atom. The van der Waals surface area contributed by atoms with Crippen LogP contribution < -0.4 is 0 Å². The first-order chi connectivity index (χ1) is 11.2. The second kappa shape index (κ2) is 5.62. The molecule has 0 aromatic carbocycles. The Morgan fingerprint density at radius 2 is 2.17 bits per heavy atom. The number of carbonyl (C=O) groups excluding carboxylic acids is 1. The molecule has 2 aliphatic carbocycles. The van der Waals surface area contributed by atoms with Gasteiger partial charge in [-0.05, 0) is 53.0 Å². The van der Waals surface area contributed by atoms with Crippen LogP contribution in [0.1, 0.15) is 63.5 Å². The van der Waals surface area contributed by atoms with Gasteiger partial charge in [-0.3, -0.25) is 0 Å². The van der Waals surface area contributed by atoms with Crippen LogP contribution in [0.2, 0.25) is 0 Å². The molecule has 3 atom stereocenters. The van der Waals surface area contributed by atoms with E-state index in [0.717, 1.165) is 28.9 Å². The molecule has 3 rings (SSSR count). The van der Waals surface area contributed by atoms with Crippen LogP contribution >= 0.6 is 0 Å². The predicted octanol–water partition coefficient (Wildman–Crippen LogP) is 4.17. The van der Waals surface area contributed by atoms with Crippen molar-refractivity contribution < 1.29 is 19.1 Å². The number of furan rings is 1. The van der Waals surface area contributed by atoms with E-state index in [2.05, 4.69) is 6.08 Å². The summed E-state index contributed by atoms with van der Waals surface area (Å²) in [5, 5.41) is 11.2. The first kappa shape index (κ1) is 17.0. The molecule has 1 aromatic rings. The Balaban J connectivity index is 2.16. The number of ether oxygens (including phenoxy) is 1. The molecule has 4 nitrogen and oxygen atoms in total. The molecule has 0 aliphatic heterocycles. The molecule has 2 aliphatic rings. The van der Waals surface area contributed by atoms with Crippen LogP contribution in [-0.4, -0.2) is 16.7 Å². The van der Waals surface area contributed by atoms with Gasteiger partial charge in [0.2, 0.25) is 0 Å². The summed E-state index contributed by atoms with van der Waals surface area (Å²) in [7, 11) is 0. The highest BCUT2D eigenvalue weighted by Crippen LogP contribution is 2.59. The van der Waals surface area contributed by atoms with E-state index in [-0.39, 0.29) is 5.97 Å². The highest BCUT2D eigenvalue weighted by molar-refractivity contribution is 5.88. The van der Waals surface area contributed by atoms with Crippen molar-refractivity contribution in [3.63, 3.8) is 0 Å². The van der Waals surface area contributed by atoms with E-state index in [9.17, 15) is 9.90 Å². The lowest BCUT2D eigenvalue weighted by atomic mass is 9.56. The van der Waals surface area contributed by atoms with E-state index in [1.54, 1.807) is 19.3 Å². The molecule has 0 saturated carbocycles. The first-order valence-electron chi connectivity index (χ1n) is 8.55. The summed E-state index contributed by atoms with van der Waals surface area (Å²) in [4.78, 5) is 12.5. The Morgan fingerprint density at radius 1 is 1.46 bits per heavy atom. The molecule has 1 N–H and O–H groups in total. The lowest BCUT2D eigenvalue weighted by Gasteiger charge is -2.53. The number of hydrogen-bond acceptors (Lipinski definition) is 4. The van der Waals surface area contributed by atoms with E-state index >= 15 is 0 Å². The summed E-state index contributed by atoms with van der Waals surface area (Å²) in [5.41, 5.74) is 1.92. The summed E-state index contributed by atoms with van der Waals surface area (Å²) in [6.07, 6.45) is 7.20. The minimum absolute atomic E-state index is 0.349. The van der Waals surface area contributed by atoms with Crippen LogP contribution in [0.3, 0.4) is 0 Å². The standard InChI is InChI=1S/C20H26O4/c1-6-12(2)18(21)24-17-16-13(3)11-23-15(16)10-14-8-7-9-19(4,22)20(14,17)5/h6,8,11,17,22H,7,9-10H2,1-5H3/t17-,19-,20-/m1/s1. The van der Waals surface area contributed by atoms with Crippen molar-refractivity contribution in [2.75, 3.05) is 0 Å². The van der Waals surface area contributed by atoms with Gasteiger partial charge < -0.3 is 14.3 Å². The molecule has 130 valence electrons. The molecular weight excluding hydrogens is 304 g/mol. The lowest BCUT2D eigenvalue weighted by Crippen LogP contribution is -2.53. The van der Waals surface area contributed by atoms with Gasteiger partial charge >= 0.3 is 5.97 Å². The van der Waals surface area contributed by atoms with Crippen molar-refractivity contribution in [1.82, 2.24) is 0 Å². The van der Waals surface area contributed by atoms with Gasteiger partial charge in [0, 0.05) is 17.6 Å². The molecule has 1 aromatic heterocycles. The van der Waals surface area contributed by atoms with E-state index in [1.165, 1.54) is 0 Å². The average Bonchev–Trinajstić information content (AvgIpc) is 2.89. The maximum Gasteiger partial charge on any atom is 0.334 e. The molecule has 1 heterocycles. The smallest absolute Gasteiger partial charge is 0.334 e. The third-order valence-corrected chi connectivity index (χ3v) is 6.03. The third kappa shape index (κ3) is 2.27. The van der Waals surface area contributed by atoms with Crippen LogP contribution in [0.4, 0.5) is 0 Å². The minimum atomic E-state index is -0.951. The number of aliphatic hydroxyl groups is 1. The quantitative estimate of drug-likeness (QED) is 0.502. The summed E-state index contributed by atoms with van der Waals surface area (Å²) < 4.78 is 11.7. The average molecular weight is 330 g/mol. The van der Waals surface area contributed by atoms with Crippen molar-refractivity contribution in [3.05, 3.63) is 46.4 Å². The fraction of sp³-hybridized carbons (Fsp3) is 0.550. The highest BCUT2D eigenvalue weighted by atomic mass is 16.5. The SMILES string of the molecule is CC=C(C)C(=O)O[C@@H]1c2c(C)coc2CC2=CCC[C@@](C)(O)[C@]21C. The molecule has 0 radical (unpaired) electrons. The molecule has 0 unspecified atom stereocenters. The van der Waals surface area contributed by atoms with Gasteiger partial charge in [-0.25, -0.2) is 4.79 Å². The number of aryl methyl sites for hydroxylation is 1. The Hall–Kier alpha value is -1.81. The highest BCUT2D eigenvalue weighted by Gasteiger charge is 2.58. The normalized spacial score (nSPS) is 32.7. The number of esters is 1. The lowest BCUT2D eigenvalue weighted by molar-refractivity contribution is -0.168. The van der Waals surface area contributed by atoms with Crippen LogP contribution in [0.25, 0.3) is 0 Å². The fourth-order valence-corrected chi connectivity index (χ4v) is 4.00. The monoisotopic (exact) mass is 330 g/mol. The molecular formula is C20H26O4. The van der Waals surface area contributed by atoms with E-state index in [4.69, 9.17) is 9.15 Å². The second-order valence-electron chi connectivity index (χ2n) is 7.43. The summed E-state index contributed by atoms with van der Waals surface area (Å²) in [6.45, 7) is 9.38. The molecule has 0 amide bonds. The van der Waals surface area contributed by atoms with Gasteiger partial charge in [-0.1, -0.05) is 17.7 Å². The van der Waals surface area contributed by atoms with Crippen molar-refractivity contribution in [2.24, 2.45) is 5.41 Å².